The highest BCUT2D eigenvalue weighted by Crippen LogP contribution is 2.33. The molecule has 10 N–H and O–H groups in total. The summed E-state index contributed by atoms with van der Waals surface area (Å²) in [4.78, 5) is 24.6. The van der Waals surface area contributed by atoms with Crippen molar-refractivity contribution in [2.45, 2.75) is 36.3 Å². The number of H-pyrrole nitrogens is 4. The molecule has 0 aliphatic heterocycles. The largest absolute Gasteiger partial charge is 0.338 e. The zero-order chi connectivity index (χ0) is 53.0. The number of nitrogens with zero attached hydrogens (tertiary/aromatic N) is 4. The van der Waals surface area contributed by atoms with Crippen LogP contribution in [0.4, 0.5) is 0 Å². The van der Waals surface area contributed by atoms with Gasteiger partial charge in [0.2, 0.25) is 0 Å². The van der Waals surface area contributed by atoms with Crippen LogP contribution < -0.4 is 0 Å². The van der Waals surface area contributed by atoms with Crippen molar-refractivity contribution in [1.82, 2.24) is 39.9 Å². The molecule has 6 aromatic carbocycles. The molecule has 10 rings (SSSR count). The maximum absolute atomic E-state index is 11.8. The lowest BCUT2D eigenvalue weighted by atomic mass is 10.1. The van der Waals surface area contributed by atoms with Crippen molar-refractivity contribution in [3.63, 3.8) is 0 Å². The number of aromatic amines is 4. The quantitative estimate of drug-likeness (QED) is 0.0773. The van der Waals surface area contributed by atoms with E-state index in [2.05, 4.69) is 39.9 Å². The van der Waals surface area contributed by atoms with Crippen molar-refractivity contribution >= 4 is 105 Å². The summed E-state index contributed by atoms with van der Waals surface area (Å²) in [7, 11) is -28.3. The lowest BCUT2D eigenvalue weighted by Crippen LogP contribution is -2.04. The molecule has 26 nitrogen and oxygen atoms in total. The normalized spacial score (nSPS) is 13.0. The molecule has 10 aromatic rings. The highest BCUT2D eigenvalue weighted by atomic mass is 32.2. The van der Waals surface area contributed by atoms with E-state index in [0.717, 1.165) is 12.1 Å². The Morgan fingerprint density at radius 1 is 0.329 bits per heavy atom. The summed E-state index contributed by atoms with van der Waals surface area (Å²) in [5.74, 6) is 0.886. The van der Waals surface area contributed by atoms with E-state index in [-0.39, 0.29) is 54.5 Å². The molecule has 0 aliphatic rings. The Morgan fingerprint density at radius 2 is 0.616 bits per heavy atom. The van der Waals surface area contributed by atoms with Gasteiger partial charge in [-0.2, -0.15) is 50.5 Å². The van der Waals surface area contributed by atoms with Crippen LogP contribution in [0.3, 0.4) is 0 Å². The van der Waals surface area contributed by atoms with Crippen molar-refractivity contribution in [3.05, 3.63) is 109 Å². The van der Waals surface area contributed by atoms with Crippen LogP contribution in [0.1, 0.15) is 5.56 Å². The fraction of sp³-hybridized carbons (Fsp3) is 0.0244. The van der Waals surface area contributed by atoms with Crippen LogP contribution in [0.5, 0.6) is 0 Å². The van der Waals surface area contributed by atoms with Crippen LogP contribution in [-0.2, 0) is 60.7 Å². The second-order valence-electron chi connectivity index (χ2n) is 15.8. The van der Waals surface area contributed by atoms with Gasteiger partial charge in [-0.05, 0) is 61.0 Å². The molecule has 378 valence electrons. The molecule has 4 aromatic heterocycles. The van der Waals surface area contributed by atoms with Crippen LogP contribution in [0.2, 0.25) is 0 Å². The van der Waals surface area contributed by atoms with Crippen LogP contribution in [0.15, 0.2) is 133 Å². The van der Waals surface area contributed by atoms with Gasteiger partial charge in [-0.15, -0.1) is 0 Å². The van der Waals surface area contributed by atoms with Gasteiger partial charge in [0.25, 0.3) is 60.7 Å². The maximum Gasteiger partial charge on any atom is 0.296 e. The lowest BCUT2D eigenvalue weighted by molar-refractivity contribution is 0.477. The van der Waals surface area contributed by atoms with Crippen molar-refractivity contribution < 1.29 is 77.8 Å². The summed E-state index contributed by atoms with van der Waals surface area (Å²) in [6.07, 6.45) is 0. The second kappa shape index (κ2) is 17.4. The summed E-state index contributed by atoms with van der Waals surface area (Å²) in [5.41, 5.74) is 2.88. The summed E-state index contributed by atoms with van der Waals surface area (Å²) in [6, 6.07) is 23.2. The molecule has 0 fully saturated rings. The van der Waals surface area contributed by atoms with Gasteiger partial charge < -0.3 is 19.9 Å². The van der Waals surface area contributed by atoms with Crippen LogP contribution in [0.25, 0.3) is 89.7 Å². The Kier molecular flexibility index (Phi) is 12.1. The minimum absolute atomic E-state index is 0.0590. The van der Waals surface area contributed by atoms with Crippen LogP contribution in [0, 0.1) is 6.92 Å². The monoisotopic (exact) mass is 1110 g/mol. The highest BCUT2D eigenvalue weighted by molar-refractivity contribution is 7.87. The Morgan fingerprint density at radius 3 is 0.932 bits per heavy atom. The third kappa shape index (κ3) is 10.1. The van der Waals surface area contributed by atoms with Crippen molar-refractivity contribution in [2.24, 2.45) is 0 Å². The predicted molar refractivity (Wildman–Crippen MR) is 257 cm³/mol. The summed E-state index contributed by atoms with van der Waals surface area (Å²) >= 11 is 0. The van der Waals surface area contributed by atoms with Gasteiger partial charge in [0, 0.05) is 22.3 Å². The Hall–Kier alpha value is -7.34. The van der Waals surface area contributed by atoms with Crippen molar-refractivity contribution in [2.75, 3.05) is 0 Å². The zero-order valence-corrected chi connectivity index (χ0v) is 41.0. The van der Waals surface area contributed by atoms with Gasteiger partial charge in [-0.25, -0.2) is 19.9 Å². The minimum atomic E-state index is -4.88. The summed E-state index contributed by atoms with van der Waals surface area (Å²) < 4.78 is 197. The van der Waals surface area contributed by atoms with E-state index in [1.807, 2.05) is 0 Å². The lowest BCUT2D eigenvalue weighted by Gasteiger charge is -2.02. The molecule has 0 amide bonds. The third-order valence-electron chi connectivity index (χ3n) is 10.8. The molecular formula is C41H30N8O18S6. The number of fused-ring (bicyclic) bond motifs is 4. The molecule has 73 heavy (non-hydrogen) atoms. The van der Waals surface area contributed by atoms with E-state index in [0.29, 0.717) is 62.6 Å². The first kappa shape index (κ1) is 50.6. The third-order valence-corrected chi connectivity index (χ3v) is 15.9. The molecule has 0 saturated carbocycles. The Balaban J connectivity index is 0.000000180. The number of imidazole rings is 4. The number of nitrogens with one attached hydrogen (secondary N) is 4. The van der Waals surface area contributed by atoms with E-state index in [4.69, 9.17) is 0 Å². The van der Waals surface area contributed by atoms with Gasteiger partial charge >= 0.3 is 0 Å². The zero-order valence-electron chi connectivity index (χ0n) is 36.1. The van der Waals surface area contributed by atoms with Gasteiger partial charge in [0.15, 0.2) is 0 Å². The molecule has 0 atom stereocenters. The molecule has 0 spiro atoms. The smallest absolute Gasteiger partial charge is 0.296 e. The maximum atomic E-state index is 11.8. The highest BCUT2D eigenvalue weighted by Gasteiger charge is 2.26. The second-order valence-corrected chi connectivity index (χ2v) is 24.2. The van der Waals surface area contributed by atoms with Gasteiger partial charge in [-0.3, -0.25) is 27.3 Å². The average molecular weight is 1120 g/mol. The first-order valence-corrected chi connectivity index (χ1v) is 28.6. The number of benzene rings is 6. The Labute approximate surface area is 410 Å². The molecular weight excluding hydrogens is 1080 g/mol. The molecule has 0 unspecified atom stereocenters. The molecule has 0 bridgehead atoms. The molecule has 0 saturated heterocycles. The fourth-order valence-corrected chi connectivity index (χ4v) is 11.5. The number of aromatic nitrogens is 8. The topological polar surface area (TPSA) is 441 Å². The van der Waals surface area contributed by atoms with E-state index in [1.54, 1.807) is 67.6 Å². The van der Waals surface area contributed by atoms with E-state index in [9.17, 15) is 77.8 Å². The number of aryl methyl sites for hydroxylation is 1. The molecule has 0 aliphatic carbocycles. The summed E-state index contributed by atoms with van der Waals surface area (Å²) in [6.45, 7) is 1.67. The minimum Gasteiger partial charge on any atom is -0.338 e. The summed E-state index contributed by atoms with van der Waals surface area (Å²) in [5, 5.41) is 0. The number of hydrogen-bond acceptors (Lipinski definition) is 16. The average Bonchev–Trinajstić information content (AvgIpc) is 4.11. The van der Waals surface area contributed by atoms with E-state index in [1.165, 1.54) is 18.2 Å². The standard InChI is InChI=1S/C21H16N4O9S3.C20H14N4O9S3/c1-10-6-14-18(16(7-10)36(29,30)31)24-20(22-14)11-2-4-12(5-3-11)21-23-15-8-13(35(26,27)28)9-17(19(15)25-21)37(32,33)34;25-34(26,27)12-8-14-18(16(9-12)36(31,32)33)24-20(22-14)11-6-4-10(5-7-11)19-21-13-2-1-3-15(17(13)23-19)35(28,29)30/h2-9H,1H3,(H,22,24)(H,23,25)(H,26,27,28)(H,29,30,31)(H,32,33,34);1-9H,(H,21,23)(H,22,24)(H,25,26,27)(H,28,29,30)(H,31,32,33). The number of para-hydroxylation sites is 1. The predicted octanol–water partition coefficient (Wildman–Crippen LogP) is 5.34. The fourth-order valence-electron chi connectivity index (χ4n) is 7.57. The SMILES string of the molecule is Cc1cc(S(=O)(=O)O)c2nc(-c3ccc(-c4nc5c(S(=O)(=O)O)cc(S(=O)(=O)O)cc5[nH]4)cc3)[nH]c2c1.O=S(=O)(O)c1cc(S(=O)(=O)O)c2nc(-c3ccc(-c4nc5c(S(=O)(=O)O)cccc5[nH]4)cc3)[nH]c2c1. The molecule has 0 radical (unpaired) electrons. The van der Waals surface area contributed by atoms with Crippen LogP contribution >= 0.6 is 0 Å². The van der Waals surface area contributed by atoms with Crippen molar-refractivity contribution in [3.8, 4) is 45.6 Å². The van der Waals surface area contributed by atoms with Gasteiger partial charge in [0.05, 0.1) is 31.9 Å². The van der Waals surface area contributed by atoms with E-state index < -0.39 is 80.3 Å². The van der Waals surface area contributed by atoms with Crippen LogP contribution in [-0.4, -0.2) is 118 Å². The first-order valence-electron chi connectivity index (χ1n) is 20.0. The Bertz CT molecular complexity index is 4670. The number of rotatable bonds is 10. The van der Waals surface area contributed by atoms with Crippen molar-refractivity contribution in [1.29, 1.82) is 0 Å². The molecule has 32 heteroatoms. The molecule has 4 heterocycles. The van der Waals surface area contributed by atoms with E-state index >= 15 is 0 Å². The van der Waals surface area contributed by atoms with Gasteiger partial charge in [0.1, 0.15) is 64.9 Å². The first-order chi connectivity index (χ1) is 33.8. The van der Waals surface area contributed by atoms with Gasteiger partial charge in [-0.1, -0.05) is 54.6 Å². The number of hydrogen-bond donors (Lipinski definition) is 10.